The molecule has 2 amide bonds. The van der Waals surface area contributed by atoms with Gasteiger partial charge in [0.2, 0.25) is 0 Å². The highest BCUT2D eigenvalue weighted by Crippen LogP contribution is 2.26. The summed E-state index contributed by atoms with van der Waals surface area (Å²) in [7, 11) is 0. The molecule has 114 valence electrons. The molecule has 1 heterocycles. The molecule has 0 bridgehead atoms. The molecule has 20 heavy (non-hydrogen) atoms. The minimum atomic E-state index is -0.0859. The van der Waals surface area contributed by atoms with Gasteiger partial charge in [-0.1, -0.05) is 18.9 Å². The summed E-state index contributed by atoms with van der Waals surface area (Å²) in [6, 6.07) is 0.893. The van der Waals surface area contributed by atoms with Crippen molar-refractivity contribution in [3.63, 3.8) is 0 Å². The molecule has 0 aromatic rings. The van der Waals surface area contributed by atoms with Gasteiger partial charge >= 0.3 is 6.03 Å². The number of rotatable bonds is 6. The standard InChI is InChI=1S/C15H27N3O2/c1-2-8-17(10-11-19)15(20)16-13-7-9-18(12-13)14-5-3-4-6-14/h2,13-14,19H,1,3-12H2,(H,16,20). The maximum absolute atomic E-state index is 12.1. The van der Waals surface area contributed by atoms with E-state index in [9.17, 15) is 4.79 Å². The lowest BCUT2D eigenvalue weighted by molar-refractivity contribution is 0.179. The van der Waals surface area contributed by atoms with Crippen molar-refractivity contribution < 1.29 is 9.90 Å². The molecule has 1 unspecified atom stereocenters. The van der Waals surface area contributed by atoms with Crippen LogP contribution in [0.3, 0.4) is 0 Å². The molecule has 2 aliphatic rings. The van der Waals surface area contributed by atoms with Crippen LogP contribution in [0.25, 0.3) is 0 Å². The van der Waals surface area contributed by atoms with E-state index < -0.39 is 0 Å². The molecule has 1 saturated carbocycles. The summed E-state index contributed by atoms with van der Waals surface area (Å²) in [6.45, 7) is 6.54. The van der Waals surface area contributed by atoms with Gasteiger partial charge in [0.25, 0.3) is 0 Å². The van der Waals surface area contributed by atoms with Gasteiger partial charge in [-0.15, -0.1) is 6.58 Å². The maximum atomic E-state index is 12.1. The molecule has 0 spiro atoms. The van der Waals surface area contributed by atoms with Crippen LogP contribution < -0.4 is 5.32 Å². The summed E-state index contributed by atoms with van der Waals surface area (Å²) in [6.07, 6.45) is 8.04. The molecule has 1 aliphatic carbocycles. The van der Waals surface area contributed by atoms with Crippen LogP contribution >= 0.6 is 0 Å². The fraction of sp³-hybridized carbons (Fsp3) is 0.800. The van der Waals surface area contributed by atoms with Crippen LogP contribution in [0.2, 0.25) is 0 Å². The lowest BCUT2D eigenvalue weighted by Crippen LogP contribution is -2.47. The number of nitrogens with zero attached hydrogens (tertiary/aromatic N) is 2. The van der Waals surface area contributed by atoms with Gasteiger partial charge in [0, 0.05) is 38.3 Å². The Hall–Kier alpha value is -1.07. The lowest BCUT2D eigenvalue weighted by atomic mass is 10.2. The summed E-state index contributed by atoms with van der Waals surface area (Å²) in [5.74, 6) is 0. The molecule has 1 saturated heterocycles. The van der Waals surface area contributed by atoms with Crippen molar-refractivity contribution in [2.24, 2.45) is 0 Å². The average Bonchev–Trinajstić information content (AvgIpc) is 3.08. The third-order valence-corrected chi connectivity index (χ3v) is 4.39. The molecule has 2 fully saturated rings. The van der Waals surface area contributed by atoms with Crippen LogP contribution in [0, 0.1) is 0 Å². The van der Waals surface area contributed by atoms with Gasteiger partial charge in [-0.2, -0.15) is 0 Å². The summed E-state index contributed by atoms with van der Waals surface area (Å²) in [5.41, 5.74) is 0. The third-order valence-electron chi connectivity index (χ3n) is 4.39. The Labute approximate surface area is 121 Å². The SMILES string of the molecule is C=CCN(CCO)C(=O)NC1CCN(C2CCCC2)C1. The van der Waals surface area contributed by atoms with E-state index in [4.69, 9.17) is 5.11 Å². The van der Waals surface area contributed by atoms with Crippen molar-refractivity contribution in [3.8, 4) is 0 Å². The van der Waals surface area contributed by atoms with E-state index >= 15 is 0 Å². The van der Waals surface area contributed by atoms with Crippen LogP contribution in [-0.2, 0) is 0 Å². The second kappa shape index (κ2) is 7.64. The average molecular weight is 281 g/mol. The van der Waals surface area contributed by atoms with Gasteiger partial charge in [0.05, 0.1) is 6.61 Å². The van der Waals surface area contributed by atoms with E-state index in [1.807, 2.05) is 0 Å². The molecule has 1 atom stereocenters. The molecule has 1 aliphatic heterocycles. The number of aliphatic hydroxyl groups is 1. The lowest BCUT2D eigenvalue weighted by Gasteiger charge is -2.25. The Balaban J connectivity index is 1.78. The third kappa shape index (κ3) is 3.96. The van der Waals surface area contributed by atoms with E-state index in [0.29, 0.717) is 13.1 Å². The van der Waals surface area contributed by atoms with Crippen LogP contribution in [0.5, 0.6) is 0 Å². The Morgan fingerprint density at radius 3 is 2.80 bits per heavy atom. The van der Waals surface area contributed by atoms with Crippen LogP contribution in [0.1, 0.15) is 32.1 Å². The molecule has 0 radical (unpaired) electrons. The zero-order valence-electron chi connectivity index (χ0n) is 12.3. The number of carbonyl (C=O) groups is 1. The first-order valence-corrected chi connectivity index (χ1v) is 7.76. The topological polar surface area (TPSA) is 55.8 Å². The zero-order valence-corrected chi connectivity index (χ0v) is 12.3. The highest BCUT2D eigenvalue weighted by Gasteiger charge is 2.31. The van der Waals surface area contributed by atoms with Gasteiger partial charge in [0.1, 0.15) is 0 Å². The number of amides is 2. The van der Waals surface area contributed by atoms with Gasteiger partial charge in [-0.25, -0.2) is 4.79 Å². The Morgan fingerprint density at radius 1 is 1.40 bits per heavy atom. The molecular weight excluding hydrogens is 254 g/mol. The Bertz CT molecular complexity index is 329. The number of likely N-dealkylation sites (tertiary alicyclic amines) is 1. The number of aliphatic hydroxyl groups excluding tert-OH is 1. The first-order valence-electron chi connectivity index (χ1n) is 7.76. The number of nitrogens with one attached hydrogen (secondary N) is 1. The highest BCUT2D eigenvalue weighted by atomic mass is 16.3. The number of hydrogen-bond acceptors (Lipinski definition) is 3. The van der Waals surface area contributed by atoms with Crippen molar-refractivity contribution in [1.29, 1.82) is 0 Å². The van der Waals surface area contributed by atoms with Crippen molar-refractivity contribution >= 4 is 6.03 Å². The second-order valence-electron chi connectivity index (χ2n) is 5.83. The van der Waals surface area contributed by atoms with E-state index in [-0.39, 0.29) is 18.7 Å². The molecule has 5 nitrogen and oxygen atoms in total. The summed E-state index contributed by atoms with van der Waals surface area (Å²) in [4.78, 5) is 16.3. The normalized spacial score (nSPS) is 23.9. The molecule has 0 aromatic carbocycles. The Morgan fingerprint density at radius 2 is 2.15 bits per heavy atom. The summed E-state index contributed by atoms with van der Waals surface area (Å²) >= 11 is 0. The van der Waals surface area contributed by atoms with E-state index in [2.05, 4.69) is 16.8 Å². The van der Waals surface area contributed by atoms with Crippen LogP contribution in [0.4, 0.5) is 4.79 Å². The number of hydrogen-bond donors (Lipinski definition) is 2. The number of carbonyl (C=O) groups excluding carboxylic acids is 1. The summed E-state index contributed by atoms with van der Waals surface area (Å²) < 4.78 is 0. The molecular formula is C15H27N3O2. The predicted molar refractivity (Wildman–Crippen MR) is 79.6 cm³/mol. The van der Waals surface area contributed by atoms with Crippen LogP contribution in [0.15, 0.2) is 12.7 Å². The van der Waals surface area contributed by atoms with Crippen molar-refractivity contribution in [1.82, 2.24) is 15.1 Å². The quantitative estimate of drug-likeness (QED) is 0.719. The smallest absolute Gasteiger partial charge is 0.318 e. The van der Waals surface area contributed by atoms with E-state index in [1.54, 1.807) is 11.0 Å². The minimum Gasteiger partial charge on any atom is -0.395 e. The van der Waals surface area contributed by atoms with Crippen molar-refractivity contribution in [2.75, 3.05) is 32.8 Å². The molecule has 2 rings (SSSR count). The molecule has 2 N–H and O–H groups in total. The maximum Gasteiger partial charge on any atom is 0.318 e. The fourth-order valence-electron chi connectivity index (χ4n) is 3.32. The summed E-state index contributed by atoms with van der Waals surface area (Å²) in [5, 5.41) is 12.1. The van der Waals surface area contributed by atoms with Crippen molar-refractivity contribution in [2.45, 2.75) is 44.2 Å². The highest BCUT2D eigenvalue weighted by molar-refractivity contribution is 5.74. The Kier molecular flexibility index (Phi) is 5.86. The van der Waals surface area contributed by atoms with Gasteiger partial charge < -0.3 is 15.3 Å². The molecule has 0 aromatic heterocycles. The largest absolute Gasteiger partial charge is 0.395 e. The fourth-order valence-corrected chi connectivity index (χ4v) is 3.32. The van der Waals surface area contributed by atoms with Crippen LogP contribution in [-0.4, -0.2) is 65.8 Å². The molecule has 5 heteroatoms. The predicted octanol–water partition coefficient (Wildman–Crippen LogP) is 1.19. The first-order chi connectivity index (χ1) is 9.74. The minimum absolute atomic E-state index is 0.0138. The van der Waals surface area contributed by atoms with Gasteiger partial charge in [0.15, 0.2) is 0 Å². The van der Waals surface area contributed by atoms with Gasteiger partial charge in [-0.3, -0.25) is 4.90 Å². The number of urea groups is 1. The monoisotopic (exact) mass is 281 g/mol. The first kappa shape index (κ1) is 15.3. The van der Waals surface area contributed by atoms with Gasteiger partial charge in [-0.05, 0) is 19.3 Å². The van der Waals surface area contributed by atoms with E-state index in [0.717, 1.165) is 25.6 Å². The van der Waals surface area contributed by atoms with Crippen molar-refractivity contribution in [3.05, 3.63) is 12.7 Å². The second-order valence-corrected chi connectivity index (χ2v) is 5.83. The van der Waals surface area contributed by atoms with E-state index in [1.165, 1.54) is 25.7 Å². The zero-order chi connectivity index (χ0) is 14.4.